The molecule has 9 heteroatoms. The lowest BCUT2D eigenvalue weighted by atomic mass is 10.2. The van der Waals surface area contributed by atoms with Crippen molar-refractivity contribution in [2.75, 3.05) is 51.4 Å². The summed E-state index contributed by atoms with van der Waals surface area (Å²) in [6.45, 7) is 4.34. The normalized spacial score (nSPS) is 14.8. The second kappa shape index (κ2) is 9.49. The lowest BCUT2D eigenvalue weighted by Crippen LogP contribution is -2.43. The van der Waals surface area contributed by atoms with Gasteiger partial charge >= 0.3 is 0 Å². The number of morpholine rings is 1. The molecule has 1 saturated heterocycles. The second-order valence-electron chi connectivity index (χ2n) is 6.90. The van der Waals surface area contributed by atoms with E-state index >= 15 is 0 Å². The first-order valence-electron chi connectivity index (χ1n) is 9.56. The molecule has 0 atom stereocenters. The third-order valence-corrected chi connectivity index (χ3v) is 6.39. The van der Waals surface area contributed by atoms with Crippen LogP contribution in [0.3, 0.4) is 0 Å². The van der Waals surface area contributed by atoms with E-state index in [1.54, 1.807) is 30.2 Å². The van der Waals surface area contributed by atoms with Crippen LogP contribution in [0, 0.1) is 0 Å². The number of carbonyl (C=O) groups excluding carboxylic acids is 1. The topological polar surface area (TPSA) is 54.9 Å². The second-order valence-corrected chi connectivity index (χ2v) is 8.78. The fourth-order valence-electron chi connectivity index (χ4n) is 3.32. The van der Waals surface area contributed by atoms with Gasteiger partial charge in [-0.1, -0.05) is 34.5 Å². The van der Waals surface area contributed by atoms with E-state index in [1.807, 2.05) is 18.2 Å². The van der Waals surface area contributed by atoms with E-state index in [4.69, 9.17) is 37.7 Å². The van der Waals surface area contributed by atoms with Crippen LogP contribution < -0.4 is 9.64 Å². The number of fused-ring (bicyclic) bond motifs is 1. The lowest BCUT2D eigenvalue weighted by molar-refractivity contribution is 0.0391. The van der Waals surface area contributed by atoms with Gasteiger partial charge < -0.3 is 9.47 Å². The van der Waals surface area contributed by atoms with Crippen molar-refractivity contribution in [3.63, 3.8) is 0 Å². The summed E-state index contributed by atoms with van der Waals surface area (Å²) in [5, 5.41) is 1.48. The molecule has 0 saturated carbocycles. The van der Waals surface area contributed by atoms with Gasteiger partial charge in [0.05, 0.1) is 30.5 Å². The summed E-state index contributed by atoms with van der Waals surface area (Å²) in [6.07, 6.45) is 0. The van der Waals surface area contributed by atoms with E-state index in [9.17, 15) is 4.79 Å². The summed E-state index contributed by atoms with van der Waals surface area (Å²) in [6, 6.07) is 10.6. The Morgan fingerprint density at radius 2 is 1.93 bits per heavy atom. The Bertz CT molecular complexity index is 1030. The molecule has 2 heterocycles. The monoisotopic (exact) mass is 465 g/mol. The van der Waals surface area contributed by atoms with Crippen LogP contribution in [0.25, 0.3) is 10.2 Å². The molecular formula is C21H21Cl2N3O3S. The van der Waals surface area contributed by atoms with Crippen LogP contribution in [0.5, 0.6) is 5.75 Å². The number of carbonyl (C=O) groups is 1. The maximum absolute atomic E-state index is 13.4. The van der Waals surface area contributed by atoms with Crippen molar-refractivity contribution in [1.82, 2.24) is 9.88 Å². The smallest absolute Gasteiger partial charge is 0.260 e. The van der Waals surface area contributed by atoms with Gasteiger partial charge in [-0.25, -0.2) is 4.98 Å². The molecule has 1 aliphatic rings. The Hall–Kier alpha value is -1.90. The van der Waals surface area contributed by atoms with Crippen molar-refractivity contribution >= 4 is 55.8 Å². The standard InChI is InChI=1S/C21H21Cl2N3O3S/c1-28-17-2-3-18-19(13-17)30-21(24-18)26(5-4-25-6-8-29-9-7-25)20(27)14-10-15(22)12-16(23)11-14/h2-3,10-13H,4-9H2,1H3. The Morgan fingerprint density at radius 1 is 1.20 bits per heavy atom. The van der Waals surface area contributed by atoms with E-state index in [-0.39, 0.29) is 5.91 Å². The maximum Gasteiger partial charge on any atom is 0.260 e. The summed E-state index contributed by atoms with van der Waals surface area (Å²) < 4.78 is 11.7. The number of hydrogen-bond acceptors (Lipinski definition) is 6. The average molecular weight is 466 g/mol. The summed E-state index contributed by atoms with van der Waals surface area (Å²) in [5.41, 5.74) is 1.26. The van der Waals surface area contributed by atoms with Crippen LogP contribution in [-0.2, 0) is 4.74 Å². The first-order chi connectivity index (χ1) is 14.5. The minimum atomic E-state index is -0.182. The van der Waals surface area contributed by atoms with E-state index in [0.29, 0.717) is 40.5 Å². The summed E-state index contributed by atoms with van der Waals surface area (Å²) >= 11 is 13.7. The Morgan fingerprint density at radius 3 is 2.63 bits per heavy atom. The van der Waals surface area contributed by atoms with Gasteiger partial charge in [0.1, 0.15) is 5.75 Å². The Labute approximate surface area is 188 Å². The van der Waals surface area contributed by atoms with Crippen molar-refractivity contribution in [1.29, 1.82) is 0 Å². The van der Waals surface area contributed by atoms with Gasteiger partial charge in [-0.3, -0.25) is 14.6 Å². The van der Waals surface area contributed by atoms with Crippen molar-refractivity contribution in [2.24, 2.45) is 0 Å². The van der Waals surface area contributed by atoms with Gasteiger partial charge in [0.15, 0.2) is 5.13 Å². The third kappa shape index (κ3) is 4.87. The lowest BCUT2D eigenvalue weighted by Gasteiger charge is -2.29. The van der Waals surface area contributed by atoms with Crippen LogP contribution in [0.1, 0.15) is 10.4 Å². The van der Waals surface area contributed by atoms with Gasteiger partial charge in [0.2, 0.25) is 0 Å². The molecule has 1 fully saturated rings. The SMILES string of the molecule is COc1ccc2nc(N(CCN3CCOCC3)C(=O)c3cc(Cl)cc(Cl)c3)sc2c1. The largest absolute Gasteiger partial charge is 0.497 e. The number of halogens is 2. The highest BCUT2D eigenvalue weighted by atomic mass is 35.5. The van der Waals surface area contributed by atoms with E-state index in [2.05, 4.69) is 4.90 Å². The molecule has 0 spiro atoms. The molecule has 6 nitrogen and oxygen atoms in total. The molecule has 1 amide bonds. The van der Waals surface area contributed by atoms with Gasteiger partial charge in [0.25, 0.3) is 5.91 Å². The molecule has 2 aromatic carbocycles. The zero-order valence-electron chi connectivity index (χ0n) is 16.4. The molecule has 158 valence electrons. The molecule has 1 aromatic heterocycles. The van der Waals surface area contributed by atoms with Gasteiger partial charge in [-0.05, 0) is 36.4 Å². The molecule has 4 rings (SSSR count). The molecule has 0 unspecified atom stereocenters. The highest BCUT2D eigenvalue weighted by molar-refractivity contribution is 7.22. The zero-order valence-corrected chi connectivity index (χ0v) is 18.8. The molecule has 0 radical (unpaired) electrons. The number of hydrogen-bond donors (Lipinski definition) is 0. The number of benzene rings is 2. The molecule has 1 aliphatic heterocycles. The zero-order chi connectivity index (χ0) is 21.1. The molecule has 3 aromatic rings. The number of nitrogens with zero attached hydrogens (tertiary/aromatic N) is 3. The van der Waals surface area contributed by atoms with Crippen molar-refractivity contribution in [3.8, 4) is 5.75 Å². The predicted molar refractivity (Wildman–Crippen MR) is 122 cm³/mol. The van der Waals surface area contributed by atoms with E-state index < -0.39 is 0 Å². The first-order valence-corrected chi connectivity index (χ1v) is 11.1. The number of methoxy groups -OCH3 is 1. The summed E-state index contributed by atoms with van der Waals surface area (Å²) in [5.74, 6) is 0.573. The fraction of sp³-hybridized carbons (Fsp3) is 0.333. The maximum atomic E-state index is 13.4. The minimum absolute atomic E-state index is 0.182. The van der Waals surface area contributed by atoms with Crippen LogP contribution in [0.4, 0.5) is 5.13 Å². The van der Waals surface area contributed by atoms with Gasteiger partial charge in [0, 0.05) is 41.8 Å². The van der Waals surface area contributed by atoms with Crippen LogP contribution >= 0.6 is 34.5 Å². The highest BCUT2D eigenvalue weighted by Gasteiger charge is 2.23. The van der Waals surface area contributed by atoms with Crippen molar-refractivity contribution in [3.05, 3.63) is 52.0 Å². The van der Waals surface area contributed by atoms with E-state index in [0.717, 1.165) is 35.6 Å². The number of anilines is 1. The van der Waals surface area contributed by atoms with E-state index in [1.165, 1.54) is 11.3 Å². The molecule has 0 bridgehead atoms. The van der Waals surface area contributed by atoms with Gasteiger partial charge in [-0.15, -0.1) is 0 Å². The predicted octanol–water partition coefficient (Wildman–Crippen LogP) is 4.59. The Balaban J connectivity index is 1.66. The van der Waals surface area contributed by atoms with Crippen LogP contribution in [-0.4, -0.2) is 62.3 Å². The molecule has 0 N–H and O–H groups in total. The molecule has 0 aliphatic carbocycles. The van der Waals surface area contributed by atoms with Crippen molar-refractivity contribution in [2.45, 2.75) is 0 Å². The third-order valence-electron chi connectivity index (χ3n) is 4.91. The average Bonchev–Trinajstić information content (AvgIpc) is 3.16. The minimum Gasteiger partial charge on any atom is -0.497 e. The number of thiazole rings is 1. The number of ether oxygens (including phenoxy) is 2. The fourth-order valence-corrected chi connectivity index (χ4v) is 4.86. The molecule has 30 heavy (non-hydrogen) atoms. The quantitative estimate of drug-likeness (QED) is 0.532. The highest BCUT2D eigenvalue weighted by Crippen LogP contribution is 2.32. The van der Waals surface area contributed by atoms with Crippen LogP contribution in [0.15, 0.2) is 36.4 Å². The molecular weight excluding hydrogens is 445 g/mol. The number of amides is 1. The number of aromatic nitrogens is 1. The van der Waals surface area contributed by atoms with Crippen molar-refractivity contribution < 1.29 is 14.3 Å². The van der Waals surface area contributed by atoms with Crippen LogP contribution in [0.2, 0.25) is 10.0 Å². The summed E-state index contributed by atoms with van der Waals surface area (Å²) in [4.78, 5) is 22.1. The number of rotatable bonds is 6. The van der Waals surface area contributed by atoms with Gasteiger partial charge in [-0.2, -0.15) is 0 Å². The first kappa shape index (κ1) is 21.3. The Kier molecular flexibility index (Phi) is 6.75. The summed E-state index contributed by atoms with van der Waals surface area (Å²) in [7, 11) is 1.63.